The van der Waals surface area contributed by atoms with Crippen molar-refractivity contribution in [2.75, 3.05) is 16.9 Å². The number of carbonyl (C=O) groups is 2. The Morgan fingerprint density at radius 3 is 2.36 bits per heavy atom. The number of halogens is 1. The zero-order valence-corrected chi connectivity index (χ0v) is 19.2. The second-order valence-electron chi connectivity index (χ2n) is 7.18. The van der Waals surface area contributed by atoms with E-state index in [9.17, 15) is 18.0 Å². The maximum absolute atomic E-state index is 12.9. The third kappa shape index (κ3) is 6.79. The fraction of sp³-hybridized carbons (Fsp3) is 0.130. The lowest BCUT2D eigenvalue weighted by Crippen LogP contribution is -2.17. The third-order valence-electron chi connectivity index (χ3n) is 4.55. The minimum atomic E-state index is -3.60. The first-order valence-corrected chi connectivity index (χ1v) is 12.1. The Balaban J connectivity index is 1.76. The highest BCUT2D eigenvalue weighted by Gasteiger charge is 2.18. The minimum absolute atomic E-state index is 0.0436. The Kier molecular flexibility index (Phi) is 7.70. The first kappa shape index (κ1) is 24.2. The van der Waals surface area contributed by atoms with Crippen molar-refractivity contribution >= 4 is 44.8 Å². The van der Waals surface area contributed by atoms with Crippen LogP contribution in [0.3, 0.4) is 0 Å². The SMILES string of the molecule is CS(=O)(=O)c1ccc(CN)cc1NC(=O)c1cc(Cl)cc(NC(=O)OCc2ccccc2)c1. The van der Waals surface area contributed by atoms with Crippen LogP contribution in [0.5, 0.6) is 0 Å². The molecular weight excluding hydrogens is 466 g/mol. The number of anilines is 2. The van der Waals surface area contributed by atoms with Gasteiger partial charge in [-0.3, -0.25) is 10.1 Å². The maximum Gasteiger partial charge on any atom is 0.411 e. The van der Waals surface area contributed by atoms with E-state index in [-0.39, 0.29) is 40.0 Å². The van der Waals surface area contributed by atoms with Crippen molar-refractivity contribution in [1.82, 2.24) is 0 Å². The molecule has 0 bridgehead atoms. The van der Waals surface area contributed by atoms with E-state index in [1.807, 2.05) is 30.3 Å². The fourth-order valence-corrected chi connectivity index (χ4v) is 4.05. The van der Waals surface area contributed by atoms with Crippen LogP contribution < -0.4 is 16.4 Å². The number of carbonyl (C=O) groups excluding carboxylic acids is 2. The van der Waals surface area contributed by atoms with Crippen LogP contribution in [0.2, 0.25) is 5.02 Å². The summed E-state index contributed by atoms with van der Waals surface area (Å²) in [6, 6.07) is 17.9. The molecule has 3 aromatic carbocycles. The van der Waals surface area contributed by atoms with Gasteiger partial charge in [-0.15, -0.1) is 0 Å². The summed E-state index contributed by atoms with van der Waals surface area (Å²) in [5, 5.41) is 5.31. The molecule has 0 unspecified atom stereocenters. The number of hydrogen-bond acceptors (Lipinski definition) is 6. The minimum Gasteiger partial charge on any atom is -0.444 e. The maximum atomic E-state index is 12.9. The third-order valence-corrected chi connectivity index (χ3v) is 5.92. The lowest BCUT2D eigenvalue weighted by molar-refractivity contribution is 0.102. The zero-order valence-electron chi connectivity index (χ0n) is 17.7. The first-order valence-electron chi connectivity index (χ1n) is 9.78. The summed E-state index contributed by atoms with van der Waals surface area (Å²) in [4.78, 5) is 24.9. The van der Waals surface area contributed by atoms with Gasteiger partial charge >= 0.3 is 6.09 Å². The molecule has 172 valence electrons. The van der Waals surface area contributed by atoms with Gasteiger partial charge in [0.2, 0.25) is 0 Å². The number of nitrogens with one attached hydrogen (secondary N) is 2. The predicted octanol–water partition coefficient (Wildman–Crippen LogP) is 4.20. The van der Waals surface area contributed by atoms with Gasteiger partial charge < -0.3 is 15.8 Å². The molecule has 0 saturated carbocycles. The molecule has 8 nitrogen and oxygen atoms in total. The molecule has 0 aliphatic heterocycles. The van der Waals surface area contributed by atoms with Crippen LogP contribution in [-0.2, 0) is 27.7 Å². The summed E-state index contributed by atoms with van der Waals surface area (Å²) < 4.78 is 29.4. The lowest BCUT2D eigenvalue weighted by atomic mass is 10.1. The Bertz CT molecular complexity index is 1280. The van der Waals surface area contributed by atoms with Crippen molar-refractivity contribution in [3.05, 3.63) is 88.4 Å². The molecule has 0 aromatic heterocycles. The van der Waals surface area contributed by atoms with Crippen LogP contribution in [0.15, 0.2) is 71.6 Å². The van der Waals surface area contributed by atoms with Gasteiger partial charge in [0.25, 0.3) is 5.91 Å². The van der Waals surface area contributed by atoms with Crippen molar-refractivity contribution in [2.24, 2.45) is 5.73 Å². The average molecular weight is 488 g/mol. The molecule has 33 heavy (non-hydrogen) atoms. The predicted molar refractivity (Wildman–Crippen MR) is 127 cm³/mol. The Morgan fingerprint density at radius 2 is 1.70 bits per heavy atom. The Morgan fingerprint density at radius 1 is 0.970 bits per heavy atom. The van der Waals surface area contributed by atoms with E-state index < -0.39 is 21.8 Å². The van der Waals surface area contributed by atoms with E-state index in [0.717, 1.165) is 11.8 Å². The quantitative estimate of drug-likeness (QED) is 0.458. The molecule has 10 heteroatoms. The molecular formula is C23H22ClN3O5S. The van der Waals surface area contributed by atoms with E-state index in [4.69, 9.17) is 22.1 Å². The van der Waals surface area contributed by atoms with Crippen LogP contribution in [0.1, 0.15) is 21.5 Å². The standard InChI is InChI=1S/C23H22ClN3O5S/c1-33(30,31)21-8-7-16(13-25)9-20(21)27-22(28)17-10-18(24)12-19(11-17)26-23(29)32-14-15-5-3-2-4-6-15/h2-12H,13-14,25H2,1H3,(H,26,29)(H,27,28). The number of nitrogens with two attached hydrogens (primary N) is 1. The largest absolute Gasteiger partial charge is 0.444 e. The molecule has 0 atom stereocenters. The van der Waals surface area contributed by atoms with Crippen LogP contribution in [0.4, 0.5) is 16.2 Å². The summed E-state index contributed by atoms with van der Waals surface area (Å²) in [5.41, 5.74) is 7.55. The molecule has 3 aromatic rings. The number of amides is 2. The molecule has 0 saturated heterocycles. The topological polar surface area (TPSA) is 128 Å². The number of rotatable bonds is 7. The van der Waals surface area contributed by atoms with Crippen molar-refractivity contribution < 1.29 is 22.7 Å². The van der Waals surface area contributed by atoms with Gasteiger partial charge in [-0.25, -0.2) is 13.2 Å². The summed E-state index contributed by atoms with van der Waals surface area (Å²) in [6.07, 6.45) is 0.324. The normalized spacial score (nSPS) is 11.0. The van der Waals surface area contributed by atoms with E-state index >= 15 is 0 Å². The van der Waals surface area contributed by atoms with Crippen molar-refractivity contribution in [2.45, 2.75) is 18.0 Å². The monoisotopic (exact) mass is 487 g/mol. The number of hydrogen-bond donors (Lipinski definition) is 3. The van der Waals surface area contributed by atoms with Crippen molar-refractivity contribution in [3.8, 4) is 0 Å². The number of ether oxygens (including phenoxy) is 1. The van der Waals surface area contributed by atoms with Gasteiger partial charge in [-0.2, -0.15) is 0 Å². The summed E-state index contributed by atoms with van der Waals surface area (Å²) in [6.45, 7) is 0.246. The van der Waals surface area contributed by atoms with E-state index in [1.165, 1.54) is 30.3 Å². The highest BCUT2D eigenvalue weighted by atomic mass is 35.5. The van der Waals surface area contributed by atoms with E-state index in [1.54, 1.807) is 6.07 Å². The Hall–Kier alpha value is -3.40. The van der Waals surface area contributed by atoms with Crippen LogP contribution in [-0.4, -0.2) is 26.7 Å². The second kappa shape index (κ2) is 10.5. The number of benzene rings is 3. The molecule has 0 radical (unpaired) electrons. The molecule has 0 spiro atoms. The number of sulfone groups is 1. The van der Waals surface area contributed by atoms with Gasteiger partial charge in [-0.1, -0.05) is 48.0 Å². The average Bonchev–Trinajstić information content (AvgIpc) is 2.77. The smallest absolute Gasteiger partial charge is 0.411 e. The van der Waals surface area contributed by atoms with Crippen molar-refractivity contribution in [3.63, 3.8) is 0 Å². The summed E-state index contributed by atoms with van der Waals surface area (Å²) >= 11 is 6.12. The van der Waals surface area contributed by atoms with Crippen LogP contribution >= 0.6 is 11.6 Å². The molecule has 0 fully saturated rings. The van der Waals surface area contributed by atoms with E-state index in [2.05, 4.69) is 10.6 Å². The summed E-state index contributed by atoms with van der Waals surface area (Å²) in [5.74, 6) is -0.614. The summed E-state index contributed by atoms with van der Waals surface area (Å²) in [7, 11) is -3.60. The van der Waals surface area contributed by atoms with Gasteiger partial charge in [0.15, 0.2) is 9.84 Å². The van der Waals surface area contributed by atoms with Gasteiger partial charge in [-0.05, 0) is 41.5 Å². The highest BCUT2D eigenvalue weighted by molar-refractivity contribution is 7.90. The second-order valence-corrected chi connectivity index (χ2v) is 9.60. The molecule has 0 aliphatic carbocycles. The van der Waals surface area contributed by atoms with Crippen molar-refractivity contribution in [1.29, 1.82) is 0 Å². The lowest BCUT2D eigenvalue weighted by Gasteiger charge is -2.13. The van der Waals surface area contributed by atoms with Crippen LogP contribution in [0.25, 0.3) is 0 Å². The fourth-order valence-electron chi connectivity index (χ4n) is 2.99. The first-order chi connectivity index (χ1) is 15.7. The Labute approximate surface area is 196 Å². The van der Waals surface area contributed by atoms with Crippen LogP contribution in [0, 0.1) is 0 Å². The van der Waals surface area contributed by atoms with Gasteiger partial charge in [0.1, 0.15) is 6.61 Å². The van der Waals surface area contributed by atoms with Gasteiger partial charge in [0.05, 0.1) is 10.6 Å². The van der Waals surface area contributed by atoms with Gasteiger partial charge in [0, 0.05) is 29.1 Å². The zero-order chi connectivity index (χ0) is 24.0. The molecule has 4 N–H and O–H groups in total. The highest BCUT2D eigenvalue weighted by Crippen LogP contribution is 2.25. The molecule has 2 amide bonds. The molecule has 0 aliphatic rings. The van der Waals surface area contributed by atoms with E-state index in [0.29, 0.717) is 5.56 Å². The molecule has 0 heterocycles. The molecule has 3 rings (SSSR count).